The number of rotatable bonds is 5. The number of aliphatic hydroxyl groups is 1. The Balaban J connectivity index is 1.69. The van der Waals surface area contributed by atoms with Crippen molar-refractivity contribution in [2.24, 2.45) is 29.6 Å². The van der Waals surface area contributed by atoms with E-state index in [-0.39, 0.29) is 17.9 Å². The number of carbonyl (C=O) groups is 1. The van der Waals surface area contributed by atoms with Crippen LogP contribution in [0.3, 0.4) is 0 Å². The van der Waals surface area contributed by atoms with Crippen molar-refractivity contribution in [1.82, 2.24) is 5.32 Å². The van der Waals surface area contributed by atoms with Crippen LogP contribution >= 0.6 is 0 Å². The van der Waals surface area contributed by atoms with Gasteiger partial charge in [-0.05, 0) is 60.8 Å². The van der Waals surface area contributed by atoms with E-state index in [9.17, 15) is 4.79 Å². The summed E-state index contributed by atoms with van der Waals surface area (Å²) in [4.78, 5) is 12.6. The minimum Gasteiger partial charge on any atom is -0.395 e. The van der Waals surface area contributed by atoms with Gasteiger partial charge < -0.3 is 10.4 Å². The molecule has 3 heteroatoms. The lowest BCUT2D eigenvalue weighted by Crippen LogP contribution is -2.59. The number of hydrogen-bond donors (Lipinski definition) is 2. The van der Waals surface area contributed by atoms with Gasteiger partial charge in [-0.25, -0.2) is 0 Å². The molecule has 4 aliphatic rings. The van der Waals surface area contributed by atoms with Crippen molar-refractivity contribution in [3.05, 3.63) is 35.9 Å². The lowest BCUT2D eigenvalue weighted by molar-refractivity contribution is -0.133. The predicted octanol–water partition coefficient (Wildman–Crippen LogP) is 3.13. The summed E-state index contributed by atoms with van der Waals surface area (Å²) < 4.78 is 0. The fourth-order valence-electron chi connectivity index (χ4n) is 6.40. The molecule has 4 bridgehead atoms. The van der Waals surface area contributed by atoms with E-state index in [0.29, 0.717) is 24.8 Å². The minimum absolute atomic E-state index is 0.00788. The molecule has 1 aromatic carbocycles. The number of aliphatic hydroxyl groups excluding tert-OH is 1. The van der Waals surface area contributed by atoms with Crippen LogP contribution in [-0.4, -0.2) is 24.2 Å². The predicted molar refractivity (Wildman–Crippen MR) is 94.4 cm³/mol. The molecule has 5 rings (SSSR count). The van der Waals surface area contributed by atoms with E-state index in [0.717, 1.165) is 17.8 Å². The van der Waals surface area contributed by atoms with Gasteiger partial charge in [-0.1, -0.05) is 37.3 Å². The van der Waals surface area contributed by atoms with E-state index < -0.39 is 0 Å². The maximum Gasteiger partial charge on any atom is 0.220 e. The first-order chi connectivity index (χ1) is 11.6. The van der Waals surface area contributed by atoms with Crippen LogP contribution in [0.1, 0.15) is 44.6 Å². The third kappa shape index (κ3) is 2.40. The third-order valence-electron chi connectivity index (χ3n) is 7.49. The number of benzene rings is 1. The topological polar surface area (TPSA) is 49.3 Å². The van der Waals surface area contributed by atoms with E-state index >= 15 is 0 Å². The van der Waals surface area contributed by atoms with Crippen LogP contribution in [0.15, 0.2) is 30.3 Å². The molecule has 4 fully saturated rings. The first-order valence-electron chi connectivity index (χ1n) is 9.58. The molecule has 0 saturated heterocycles. The summed E-state index contributed by atoms with van der Waals surface area (Å²) in [6.45, 7) is 2.82. The molecule has 0 heterocycles. The van der Waals surface area contributed by atoms with Crippen LogP contribution in [0.25, 0.3) is 0 Å². The Labute approximate surface area is 144 Å². The Morgan fingerprint density at radius 3 is 2.25 bits per heavy atom. The molecule has 4 saturated carbocycles. The Morgan fingerprint density at radius 2 is 1.71 bits per heavy atom. The SMILES string of the molecule is CC1C2CC3CC1CC(C2)C3(CC(=O)NCCO)c1ccccc1. The molecule has 0 aromatic heterocycles. The lowest BCUT2D eigenvalue weighted by atomic mass is 9.41. The average molecular weight is 327 g/mol. The van der Waals surface area contributed by atoms with Crippen LogP contribution in [0.2, 0.25) is 0 Å². The van der Waals surface area contributed by atoms with Crippen LogP contribution in [0.4, 0.5) is 0 Å². The molecule has 130 valence electrons. The summed E-state index contributed by atoms with van der Waals surface area (Å²) in [5, 5.41) is 11.9. The zero-order valence-electron chi connectivity index (χ0n) is 14.6. The molecular formula is C21H29NO2. The highest BCUT2D eigenvalue weighted by Gasteiger charge is 2.60. The Kier molecular flexibility index (Phi) is 4.16. The zero-order chi connectivity index (χ0) is 16.7. The van der Waals surface area contributed by atoms with Crippen molar-refractivity contribution >= 4 is 5.91 Å². The smallest absolute Gasteiger partial charge is 0.220 e. The molecule has 2 N–H and O–H groups in total. The van der Waals surface area contributed by atoms with Gasteiger partial charge in [-0.3, -0.25) is 4.79 Å². The van der Waals surface area contributed by atoms with Gasteiger partial charge in [0.1, 0.15) is 0 Å². The molecule has 0 radical (unpaired) electrons. The van der Waals surface area contributed by atoms with E-state index in [4.69, 9.17) is 5.11 Å². The monoisotopic (exact) mass is 327 g/mol. The largest absolute Gasteiger partial charge is 0.395 e. The van der Waals surface area contributed by atoms with E-state index in [1.165, 1.54) is 31.2 Å². The second kappa shape index (κ2) is 6.18. The quantitative estimate of drug-likeness (QED) is 0.873. The van der Waals surface area contributed by atoms with E-state index in [2.05, 4.69) is 42.6 Å². The number of hydrogen-bond acceptors (Lipinski definition) is 2. The summed E-state index contributed by atoms with van der Waals surface area (Å²) in [5.74, 6) is 3.98. The second-order valence-electron chi connectivity index (χ2n) is 8.37. The Bertz CT molecular complexity index is 567. The number of nitrogens with one attached hydrogen (secondary N) is 1. The van der Waals surface area contributed by atoms with Gasteiger partial charge in [0.15, 0.2) is 0 Å². The van der Waals surface area contributed by atoms with Crippen molar-refractivity contribution in [1.29, 1.82) is 0 Å². The highest BCUT2D eigenvalue weighted by Crippen LogP contribution is 2.65. The summed E-state index contributed by atoms with van der Waals surface area (Å²) in [6.07, 6.45) is 5.74. The standard InChI is InChI=1S/C21H29NO2/c1-14-15-9-18-11-16(14)12-19(10-15)21(18,13-20(24)22-7-8-23)17-5-3-2-4-6-17/h2-6,14-16,18-19,23H,7-13H2,1H3,(H,22,24). The lowest BCUT2D eigenvalue weighted by Gasteiger charge is -2.63. The van der Waals surface area contributed by atoms with Gasteiger partial charge >= 0.3 is 0 Å². The van der Waals surface area contributed by atoms with Crippen LogP contribution in [0, 0.1) is 29.6 Å². The van der Waals surface area contributed by atoms with Gasteiger partial charge in [0.2, 0.25) is 5.91 Å². The van der Waals surface area contributed by atoms with Crippen molar-refractivity contribution < 1.29 is 9.90 Å². The van der Waals surface area contributed by atoms with E-state index in [1.807, 2.05) is 0 Å². The number of amides is 1. The fraction of sp³-hybridized carbons (Fsp3) is 0.667. The molecule has 0 spiro atoms. The maximum atomic E-state index is 12.6. The van der Waals surface area contributed by atoms with Crippen LogP contribution in [-0.2, 0) is 10.2 Å². The molecular weight excluding hydrogens is 298 g/mol. The van der Waals surface area contributed by atoms with Crippen LogP contribution < -0.4 is 5.32 Å². The summed E-state index contributed by atoms with van der Waals surface area (Å²) in [7, 11) is 0. The van der Waals surface area contributed by atoms with Crippen molar-refractivity contribution in [2.75, 3.05) is 13.2 Å². The van der Waals surface area contributed by atoms with Gasteiger partial charge in [0.25, 0.3) is 0 Å². The molecule has 3 nitrogen and oxygen atoms in total. The highest BCUT2D eigenvalue weighted by atomic mass is 16.3. The summed E-state index contributed by atoms with van der Waals surface area (Å²) in [5.41, 5.74) is 1.37. The van der Waals surface area contributed by atoms with Crippen molar-refractivity contribution in [2.45, 2.75) is 44.4 Å². The number of carbonyl (C=O) groups excluding carboxylic acids is 1. The van der Waals surface area contributed by atoms with Gasteiger partial charge in [-0.2, -0.15) is 0 Å². The first-order valence-corrected chi connectivity index (χ1v) is 9.58. The molecule has 24 heavy (non-hydrogen) atoms. The summed E-state index contributed by atoms with van der Waals surface area (Å²) in [6, 6.07) is 10.8. The third-order valence-corrected chi connectivity index (χ3v) is 7.49. The highest BCUT2D eigenvalue weighted by molar-refractivity contribution is 5.78. The van der Waals surface area contributed by atoms with Crippen molar-refractivity contribution in [3.8, 4) is 0 Å². The Morgan fingerprint density at radius 1 is 1.12 bits per heavy atom. The average Bonchev–Trinajstić information content (AvgIpc) is 2.59. The molecule has 0 atom stereocenters. The maximum absolute atomic E-state index is 12.6. The van der Waals surface area contributed by atoms with Gasteiger partial charge in [0.05, 0.1) is 6.61 Å². The van der Waals surface area contributed by atoms with Gasteiger partial charge in [0, 0.05) is 18.4 Å². The Hall–Kier alpha value is -1.35. The van der Waals surface area contributed by atoms with Gasteiger partial charge in [-0.15, -0.1) is 0 Å². The van der Waals surface area contributed by atoms with Crippen molar-refractivity contribution in [3.63, 3.8) is 0 Å². The molecule has 0 aliphatic heterocycles. The summed E-state index contributed by atoms with van der Waals surface area (Å²) >= 11 is 0. The minimum atomic E-state index is 0.00788. The molecule has 0 unspecified atom stereocenters. The normalized spacial score (nSPS) is 39.8. The molecule has 1 aromatic rings. The molecule has 1 amide bonds. The fourth-order valence-corrected chi connectivity index (χ4v) is 6.40. The van der Waals surface area contributed by atoms with E-state index in [1.54, 1.807) is 0 Å². The first kappa shape index (κ1) is 16.1. The zero-order valence-corrected chi connectivity index (χ0v) is 14.6. The molecule has 4 aliphatic carbocycles. The van der Waals surface area contributed by atoms with Crippen LogP contribution in [0.5, 0.6) is 0 Å². The second-order valence-corrected chi connectivity index (χ2v) is 8.37.